The molecule has 0 radical (unpaired) electrons. The molecule has 1 heterocycles. The Morgan fingerprint density at radius 2 is 1.34 bits per heavy atom. The maximum atomic E-state index is 2.49. The predicted molar refractivity (Wildman–Crippen MR) is 138 cm³/mol. The van der Waals surface area contributed by atoms with Crippen LogP contribution in [0.5, 0.6) is 0 Å². The first-order valence-electron chi connectivity index (χ1n) is 11.3. The van der Waals surface area contributed by atoms with Crippen LogP contribution in [0.2, 0.25) is 0 Å². The number of aryl methyl sites for hydroxylation is 1. The molecule has 0 spiro atoms. The van der Waals surface area contributed by atoms with E-state index in [1.165, 1.54) is 60.1 Å². The molecule has 0 bridgehead atoms. The summed E-state index contributed by atoms with van der Waals surface area (Å²) in [6, 6.07) is 35.4. The lowest BCUT2D eigenvalue weighted by Gasteiger charge is -2.30. The molecule has 0 saturated heterocycles. The summed E-state index contributed by atoms with van der Waals surface area (Å²) in [7, 11) is 0. The normalized spacial score (nSPS) is 16.1. The Hall–Kier alpha value is -3.84. The molecule has 154 valence electrons. The van der Waals surface area contributed by atoms with Gasteiger partial charge in [-0.2, -0.15) is 0 Å². The van der Waals surface area contributed by atoms with Gasteiger partial charge in [-0.1, -0.05) is 91.0 Å². The molecule has 0 aliphatic carbocycles. The quantitative estimate of drug-likeness (QED) is 0.306. The highest BCUT2D eigenvalue weighted by molar-refractivity contribution is 6.03. The van der Waals surface area contributed by atoms with Crippen molar-refractivity contribution in [1.29, 1.82) is 0 Å². The molecule has 0 amide bonds. The molecule has 0 saturated carbocycles. The lowest BCUT2D eigenvalue weighted by molar-refractivity contribution is 1.12. The number of hydrogen-bond donors (Lipinski definition) is 0. The van der Waals surface area contributed by atoms with Crippen LogP contribution in [0.3, 0.4) is 0 Å². The van der Waals surface area contributed by atoms with Gasteiger partial charge in [0.1, 0.15) is 0 Å². The molecule has 5 aromatic rings. The second-order valence-corrected chi connectivity index (χ2v) is 8.65. The summed E-state index contributed by atoms with van der Waals surface area (Å²) in [4.78, 5) is 2.49. The topological polar surface area (TPSA) is 3.24 Å². The number of nitrogens with zero attached hydrogens (tertiary/aromatic N) is 1. The van der Waals surface area contributed by atoms with Crippen molar-refractivity contribution in [2.75, 3.05) is 11.4 Å². The Bertz CT molecular complexity index is 1620. The maximum Gasteiger partial charge on any atom is 0.0496 e. The van der Waals surface area contributed by atoms with Crippen LogP contribution >= 0.6 is 0 Å². The van der Waals surface area contributed by atoms with E-state index in [9.17, 15) is 0 Å². The lowest BCUT2D eigenvalue weighted by Crippen LogP contribution is -2.31. The zero-order valence-electron chi connectivity index (χ0n) is 18.5. The molecule has 0 fully saturated rings. The highest BCUT2D eigenvalue weighted by Gasteiger charge is 2.20. The zero-order valence-corrected chi connectivity index (χ0v) is 18.5. The molecule has 0 unspecified atom stereocenters. The number of rotatable bonds is 1. The molecule has 1 aliphatic heterocycles. The highest BCUT2D eigenvalue weighted by atomic mass is 15.1. The molecule has 1 aliphatic rings. The third kappa shape index (κ3) is 2.85. The van der Waals surface area contributed by atoms with Crippen LogP contribution in [0.1, 0.15) is 18.1 Å². The summed E-state index contributed by atoms with van der Waals surface area (Å²) in [6.07, 6.45) is 2.37. The molecule has 0 atom stereocenters. The van der Waals surface area contributed by atoms with Gasteiger partial charge in [-0.15, -0.1) is 0 Å². The third-order valence-corrected chi connectivity index (χ3v) is 6.84. The predicted octanol–water partition coefficient (Wildman–Crippen LogP) is 6.45. The molecular weight excluding hydrogens is 386 g/mol. The van der Waals surface area contributed by atoms with Gasteiger partial charge in [0.2, 0.25) is 0 Å². The van der Waals surface area contributed by atoms with Crippen LogP contribution in [-0.2, 0) is 0 Å². The van der Waals surface area contributed by atoms with Crippen molar-refractivity contribution in [3.63, 3.8) is 0 Å². The fourth-order valence-electron chi connectivity index (χ4n) is 5.23. The minimum Gasteiger partial charge on any atom is -0.337 e. The van der Waals surface area contributed by atoms with Crippen molar-refractivity contribution in [1.82, 2.24) is 0 Å². The van der Waals surface area contributed by atoms with E-state index in [4.69, 9.17) is 0 Å². The Labute approximate surface area is 188 Å². The summed E-state index contributed by atoms with van der Waals surface area (Å²) in [5.74, 6) is 0. The van der Waals surface area contributed by atoms with Gasteiger partial charge < -0.3 is 4.90 Å². The van der Waals surface area contributed by atoms with Crippen molar-refractivity contribution < 1.29 is 0 Å². The van der Waals surface area contributed by atoms with E-state index in [-0.39, 0.29) is 0 Å². The average Bonchev–Trinajstić information content (AvgIpc) is 2.83. The maximum absolute atomic E-state index is 2.49. The lowest BCUT2D eigenvalue weighted by atomic mass is 9.93. The minimum absolute atomic E-state index is 0.822. The van der Waals surface area contributed by atoms with E-state index < -0.39 is 0 Å². The number of fused-ring (bicyclic) bond motifs is 5. The van der Waals surface area contributed by atoms with Gasteiger partial charge in [-0.05, 0) is 63.7 Å². The fourth-order valence-corrected chi connectivity index (χ4v) is 5.23. The molecule has 0 N–H and O–H groups in total. The fraction of sp³-hybridized carbons (Fsp3) is 0.0968. The summed E-state index contributed by atoms with van der Waals surface area (Å²) < 4.78 is 0. The zero-order chi connectivity index (χ0) is 21.7. The summed E-state index contributed by atoms with van der Waals surface area (Å²) in [6.45, 7) is 5.29. The van der Waals surface area contributed by atoms with Gasteiger partial charge in [0, 0.05) is 28.9 Å². The minimum atomic E-state index is 0.822. The smallest absolute Gasteiger partial charge is 0.0496 e. The van der Waals surface area contributed by atoms with Crippen molar-refractivity contribution >= 4 is 44.6 Å². The molecule has 6 rings (SSSR count). The largest absolute Gasteiger partial charge is 0.337 e. The van der Waals surface area contributed by atoms with E-state index in [0.29, 0.717) is 0 Å². The molecule has 1 nitrogen and oxygen atoms in total. The van der Waals surface area contributed by atoms with Crippen LogP contribution in [0.15, 0.2) is 97.1 Å². The Balaban J connectivity index is 1.75. The first-order chi connectivity index (χ1) is 15.7. The number of benzene rings is 5. The second-order valence-electron chi connectivity index (χ2n) is 8.65. The van der Waals surface area contributed by atoms with Crippen molar-refractivity contribution in [3.05, 3.63) is 119 Å². The number of anilines is 2. The summed E-state index contributed by atoms with van der Waals surface area (Å²) in [5, 5.41) is 7.81. The van der Waals surface area contributed by atoms with Crippen LogP contribution in [0.25, 0.3) is 33.2 Å². The first kappa shape index (κ1) is 18.9. The Morgan fingerprint density at radius 3 is 2.28 bits per heavy atom. The number of hydrogen-bond acceptors (Lipinski definition) is 1. The highest BCUT2D eigenvalue weighted by Crippen LogP contribution is 2.40. The van der Waals surface area contributed by atoms with E-state index in [0.717, 1.165) is 6.54 Å². The molecule has 5 aromatic carbocycles. The molecule has 1 heteroatoms. The molecular formula is C31H25N. The van der Waals surface area contributed by atoms with E-state index in [1.807, 2.05) is 0 Å². The molecule has 0 aromatic heterocycles. The van der Waals surface area contributed by atoms with Crippen LogP contribution < -0.4 is 15.3 Å². The van der Waals surface area contributed by atoms with Gasteiger partial charge in [-0.3, -0.25) is 0 Å². The van der Waals surface area contributed by atoms with Crippen molar-refractivity contribution in [3.8, 4) is 0 Å². The van der Waals surface area contributed by atoms with Crippen LogP contribution in [0, 0.1) is 6.92 Å². The molecule has 32 heavy (non-hydrogen) atoms. The summed E-state index contributed by atoms with van der Waals surface area (Å²) >= 11 is 0. The van der Waals surface area contributed by atoms with Gasteiger partial charge in [0.05, 0.1) is 0 Å². The van der Waals surface area contributed by atoms with Gasteiger partial charge in [-0.25, -0.2) is 0 Å². The summed E-state index contributed by atoms with van der Waals surface area (Å²) in [5.41, 5.74) is 6.48. The van der Waals surface area contributed by atoms with E-state index in [1.54, 1.807) is 0 Å². The van der Waals surface area contributed by atoms with Gasteiger partial charge in [0.15, 0.2) is 0 Å². The van der Waals surface area contributed by atoms with Gasteiger partial charge >= 0.3 is 0 Å². The monoisotopic (exact) mass is 411 g/mol. The standard InChI is InChI=1S/C31H25N/c1-21-9-7-15-28-25(21)14-8-16-29(28)32-20-19-24-11-3-5-12-26(24)22(2)31-27-13-6-4-10-23(27)17-18-30(31)32/h3-19H,20H2,1-2H3/b24-19-,26-22+. The van der Waals surface area contributed by atoms with Crippen LogP contribution in [0.4, 0.5) is 11.4 Å². The third-order valence-electron chi connectivity index (χ3n) is 6.84. The Morgan fingerprint density at radius 1 is 0.594 bits per heavy atom. The van der Waals surface area contributed by atoms with Crippen molar-refractivity contribution in [2.24, 2.45) is 0 Å². The second kappa shape index (κ2) is 7.39. The Kier molecular flexibility index (Phi) is 4.36. The van der Waals surface area contributed by atoms with E-state index >= 15 is 0 Å². The average molecular weight is 412 g/mol. The van der Waals surface area contributed by atoms with E-state index in [2.05, 4.69) is 122 Å². The van der Waals surface area contributed by atoms with Crippen molar-refractivity contribution in [2.45, 2.75) is 13.8 Å². The SMILES string of the molecule is C/C1=c2/cccc/c2=C/CN(c2cccc3c(C)cccc23)c2ccc3ccccc3c21. The first-order valence-corrected chi connectivity index (χ1v) is 11.3. The van der Waals surface area contributed by atoms with Crippen LogP contribution in [-0.4, -0.2) is 6.54 Å². The van der Waals surface area contributed by atoms with Gasteiger partial charge in [0.25, 0.3) is 0 Å².